The summed E-state index contributed by atoms with van der Waals surface area (Å²) in [4.78, 5) is 25.8. The van der Waals surface area contributed by atoms with Gasteiger partial charge in [0.1, 0.15) is 5.00 Å². The largest absolute Gasteiger partial charge is 0.465 e. The number of nitrogens with one attached hydrogen (secondary N) is 1. The summed E-state index contributed by atoms with van der Waals surface area (Å²) in [6, 6.07) is 7.94. The van der Waals surface area contributed by atoms with Gasteiger partial charge in [0.2, 0.25) is 5.91 Å². The molecule has 4 nitrogen and oxygen atoms in total. The third-order valence-electron chi connectivity index (χ3n) is 4.55. The molecule has 26 heavy (non-hydrogen) atoms. The molecule has 0 radical (unpaired) electrons. The van der Waals surface area contributed by atoms with Gasteiger partial charge in [0.25, 0.3) is 0 Å². The van der Waals surface area contributed by atoms with Crippen LogP contribution < -0.4 is 5.32 Å². The van der Waals surface area contributed by atoms with Crippen LogP contribution in [0.5, 0.6) is 0 Å². The first kappa shape index (κ1) is 18.4. The van der Waals surface area contributed by atoms with Gasteiger partial charge in [0.15, 0.2) is 0 Å². The quantitative estimate of drug-likeness (QED) is 0.480. The molecule has 2 aromatic rings. The van der Waals surface area contributed by atoms with Crippen LogP contribution in [-0.4, -0.2) is 19.0 Å². The lowest BCUT2D eigenvalue weighted by Crippen LogP contribution is -2.12. The van der Waals surface area contributed by atoms with Crippen LogP contribution in [0.4, 0.5) is 5.00 Å². The fraction of sp³-hybridized carbons (Fsp3) is 0.333. The summed E-state index contributed by atoms with van der Waals surface area (Å²) in [6.45, 7) is 2.02. The van der Waals surface area contributed by atoms with Gasteiger partial charge in [-0.2, -0.15) is 0 Å². The minimum atomic E-state index is -0.373. The van der Waals surface area contributed by atoms with Crippen molar-refractivity contribution in [2.24, 2.45) is 0 Å². The molecule has 0 spiro atoms. The highest BCUT2D eigenvalue weighted by Gasteiger charge is 2.25. The lowest BCUT2D eigenvalue weighted by molar-refractivity contribution is -0.111. The van der Waals surface area contributed by atoms with E-state index in [4.69, 9.17) is 4.74 Å². The van der Waals surface area contributed by atoms with E-state index in [1.165, 1.54) is 41.4 Å². The number of benzene rings is 1. The molecule has 1 N–H and O–H groups in total. The maximum atomic E-state index is 12.4. The van der Waals surface area contributed by atoms with Crippen molar-refractivity contribution in [3.63, 3.8) is 0 Å². The van der Waals surface area contributed by atoms with Gasteiger partial charge in [-0.05, 0) is 49.8 Å². The number of hydrogen-bond donors (Lipinski definition) is 1. The number of aryl methyl sites for hydroxylation is 2. The molecule has 136 valence electrons. The summed E-state index contributed by atoms with van der Waals surface area (Å²) in [7, 11) is 1.38. The number of carbonyl (C=O) groups is 2. The lowest BCUT2D eigenvalue weighted by atomic mass is 10.1. The van der Waals surface area contributed by atoms with Crippen molar-refractivity contribution in [2.75, 3.05) is 12.4 Å². The Morgan fingerprint density at radius 1 is 1.12 bits per heavy atom. The molecule has 1 aliphatic rings. The molecular weight excluding hydrogens is 346 g/mol. The first-order valence-corrected chi connectivity index (χ1v) is 9.68. The Kier molecular flexibility index (Phi) is 5.89. The van der Waals surface area contributed by atoms with E-state index in [1.54, 1.807) is 6.08 Å². The molecule has 0 fully saturated rings. The van der Waals surface area contributed by atoms with E-state index in [1.807, 2.05) is 31.2 Å². The molecule has 0 saturated heterocycles. The van der Waals surface area contributed by atoms with Crippen molar-refractivity contribution in [1.29, 1.82) is 0 Å². The van der Waals surface area contributed by atoms with Crippen molar-refractivity contribution in [3.05, 3.63) is 57.5 Å². The summed E-state index contributed by atoms with van der Waals surface area (Å²) in [5.74, 6) is -0.616. The van der Waals surface area contributed by atoms with E-state index in [9.17, 15) is 9.59 Å². The van der Waals surface area contributed by atoms with E-state index in [-0.39, 0.29) is 11.9 Å². The van der Waals surface area contributed by atoms with Crippen molar-refractivity contribution in [1.82, 2.24) is 0 Å². The minimum absolute atomic E-state index is 0.243. The highest BCUT2D eigenvalue weighted by Crippen LogP contribution is 2.37. The molecule has 1 heterocycles. The Balaban J connectivity index is 1.81. The van der Waals surface area contributed by atoms with Crippen LogP contribution in [0.25, 0.3) is 6.08 Å². The number of methoxy groups -OCH3 is 1. The molecule has 1 aliphatic carbocycles. The maximum absolute atomic E-state index is 12.4. The van der Waals surface area contributed by atoms with Gasteiger partial charge in [0.05, 0.1) is 12.7 Å². The molecular formula is C21H23NO3S. The Morgan fingerprint density at radius 2 is 1.85 bits per heavy atom. The van der Waals surface area contributed by atoms with Crippen molar-refractivity contribution >= 4 is 34.3 Å². The Hall–Kier alpha value is -2.40. The van der Waals surface area contributed by atoms with E-state index < -0.39 is 0 Å². The number of hydrogen-bond acceptors (Lipinski definition) is 4. The smallest absolute Gasteiger partial charge is 0.341 e. The van der Waals surface area contributed by atoms with Gasteiger partial charge in [-0.3, -0.25) is 4.79 Å². The predicted octanol–water partition coefficient (Wildman–Crippen LogP) is 4.76. The van der Waals surface area contributed by atoms with Gasteiger partial charge in [0, 0.05) is 11.0 Å². The van der Waals surface area contributed by atoms with Crippen LogP contribution >= 0.6 is 11.3 Å². The number of esters is 1. The van der Waals surface area contributed by atoms with Crippen molar-refractivity contribution in [2.45, 2.75) is 39.0 Å². The molecule has 0 saturated carbocycles. The number of amides is 1. The third kappa shape index (κ3) is 4.22. The van der Waals surface area contributed by atoms with Gasteiger partial charge < -0.3 is 10.1 Å². The van der Waals surface area contributed by atoms with Gasteiger partial charge in [-0.1, -0.05) is 36.2 Å². The van der Waals surface area contributed by atoms with E-state index in [2.05, 4.69) is 5.32 Å². The van der Waals surface area contributed by atoms with Gasteiger partial charge in [-0.25, -0.2) is 4.79 Å². The third-order valence-corrected chi connectivity index (χ3v) is 5.76. The van der Waals surface area contributed by atoms with Gasteiger partial charge >= 0.3 is 5.97 Å². The monoisotopic (exact) mass is 369 g/mol. The predicted molar refractivity (Wildman–Crippen MR) is 106 cm³/mol. The zero-order valence-electron chi connectivity index (χ0n) is 15.1. The summed E-state index contributed by atoms with van der Waals surface area (Å²) in [5, 5.41) is 3.48. The normalized spacial score (nSPS) is 13.9. The molecule has 1 aromatic carbocycles. The standard InChI is InChI=1S/C21H23NO3S/c1-14-8-10-15(11-9-14)12-13-18(23)22-20-19(21(24)25-2)16-6-4-3-5-7-17(16)26-20/h8-13H,3-7H2,1-2H3,(H,22,23)/b13-12+. The topological polar surface area (TPSA) is 55.4 Å². The average molecular weight is 369 g/mol. The van der Waals surface area contributed by atoms with E-state index in [0.29, 0.717) is 10.6 Å². The van der Waals surface area contributed by atoms with Gasteiger partial charge in [-0.15, -0.1) is 11.3 Å². The van der Waals surface area contributed by atoms with Crippen LogP contribution in [0.1, 0.15) is 51.2 Å². The SMILES string of the molecule is COC(=O)c1c(NC(=O)/C=C/c2ccc(C)cc2)sc2c1CCCCC2. The Bertz CT molecular complexity index is 834. The van der Waals surface area contributed by atoms with Crippen LogP contribution in [-0.2, 0) is 22.4 Å². The first-order chi connectivity index (χ1) is 12.6. The van der Waals surface area contributed by atoms with E-state index in [0.717, 1.165) is 36.8 Å². The zero-order valence-corrected chi connectivity index (χ0v) is 15.9. The molecule has 0 bridgehead atoms. The summed E-state index contributed by atoms with van der Waals surface area (Å²) in [5.41, 5.74) is 3.72. The van der Waals surface area contributed by atoms with E-state index >= 15 is 0 Å². The number of ether oxygens (including phenoxy) is 1. The second-order valence-corrected chi connectivity index (χ2v) is 7.60. The second-order valence-electron chi connectivity index (χ2n) is 6.49. The fourth-order valence-corrected chi connectivity index (χ4v) is 4.43. The Morgan fingerprint density at radius 3 is 2.58 bits per heavy atom. The summed E-state index contributed by atoms with van der Waals surface area (Å²) >= 11 is 1.50. The minimum Gasteiger partial charge on any atom is -0.465 e. The lowest BCUT2D eigenvalue weighted by Gasteiger charge is -2.06. The number of anilines is 1. The average Bonchev–Trinajstić information content (AvgIpc) is 2.81. The molecule has 1 amide bonds. The summed E-state index contributed by atoms with van der Waals surface area (Å²) < 4.78 is 4.96. The number of fused-ring (bicyclic) bond motifs is 1. The zero-order chi connectivity index (χ0) is 18.5. The molecule has 0 aliphatic heterocycles. The van der Waals surface area contributed by atoms with Crippen LogP contribution in [0.2, 0.25) is 0 Å². The number of rotatable bonds is 4. The maximum Gasteiger partial charge on any atom is 0.341 e. The van der Waals surface area contributed by atoms with Crippen LogP contribution in [0, 0.1) is 6.92 Å². The Labute approximate surface area is 157 Å². The molecule has 1 aromatic heterocycles. The molecule has 0 atom stereocenters. The highest BCUT2D eigenvalue weighted by atomic mass is 32.1. The van der Waals surface area contributed by atoms with Crippen molar-refractivity contribution in [3.8, 4) is 0 Å². The molecule has 5 heteroatoms. The van der Waals surface area contributed by atoms with Crippen LogP contribution in [0.15, 0.2) is 30.3 Å². The summed E-state index contributed by atoms with van der Waals surface area (Å²) in [6.07, 6.45) is 8.44. The first-order valence-electron chi connectivity index (χ1n) is 8.87. The second kappa shape index (κ2) is 8.32. The molecule has 0 unspecified atom stereocenters. The van der Waals surface area contributed by atoms with Crippen molar-refractivity contribution < 1.29 is 14.3 Å². The fourth-order valence-electron chi connectivity index (χ4n) is 3.15. The highest BCUT2D eigenvalue weighted by molar-refractivity contribution is 7.17. The molecule has 3 rings (SSSR count). The van der Waals surface area contributed by atoms with Crippen LogP contribution in [0.3, 0.4) is 0 Å². The number of thiophene rings is 1. The number of carbonyl (C=O) groups excluding carboxylic acids is 2.